The number of methoxy groups -OCH3 is 2. The molecule has 2 amide bonds. The summed E-state index contributed by atoms with van der Waals surface area (Å²) in [5.41, 5.74) is 1.00. The van der Waals surface area contributed by atoms with Gasteiger partial charge in [0.05, 0.1) is 24.8 Å². The van der Waals surface area contributed by atoms with E-state index in [1.807, 2.05) is 30.3 Å². The summed E-state index contributed by atoms with van der Waals surface area (Å²) in [6.07, 6.45) is 0. The SMILES string of the molecule is CCNC(=O)C(C)N(Cc1ccccc1)C(=O)CN(c1ccccc1OC)S(=O)(=O)c1ccc(OC)cc1. The number of carbonyl (C=O) groups is 2. The maximum absolute atomic E-state index is 13.9. The van der Waals surface area contributed by atoms with Crippen molar-refractivity contribution in [3.8, 4) is 11.5 Å². The van der Waals surface area contributed by atoms with Gasteiger partial charge >= 0.3 is 0 Å². The molecule has 0 saturated heterocycles. The van der Waals surface area contributed by atoms with Crippen LogP contribution in [-0.4, -0.2) is 58.5 Å². The molecule has 3 rings (SSSR count). The monoisotopic (exact) mass is 539 g/mol. The standard InChI is InChI=1S/C28H33N3O6S/c1-5-29-28(33)21(2)30(19-22-11-7-6-8-12-22)27(32)20-31(25-13-9-10-14-26(25)37-4)38(34,35)24-17-15-23(36-3)16-18-24/h6-18,21H,5,19-20H2,1-4H3,(H,29,33). The minimum atomic E-state index is -4.22. The lowest BCUT2D eigenvalue weighted by molar-refractivity contribution is -0.139. The Labute approximate surface area is 224 Å². The van der Waals surface area contributed by atoms with E-state index in [0.717, 1.165) is 9.87 Å². The van der Waals surface area contributed by atoms with Crippen LogP contribution in [0.25, 0.3) is 0 Å². The van der Waals surface area contributed by atoms with Gasteiger partial charge in [0, 0.05) is 13.1 Å². The summed E-state index contributed by atoms with van der Waals surface area (Å²) in [6, 6.07) is 20.8. The number of amides is 2. The molecule has 9 nitrogen and oxygen atoms in total. The first kappa shape index (κ1) is 28.5. The number of para-hydroxylation sites is 2. The van der Waals surface area contributed by atoms with Crippen LogP contribution in [0.1, 0.15) is 19.4 Å². The topological polar surface area (TPSA) is 105 Å². The zero-order valence-electron chi connectivity index (χ0n) is 22.0. The van der Waals surface area contributed by atoms with Gasteiger partial charge in [-0.3, -0.25) is 13.9 Å². The van der Waals surface area contributed by atoms with Crippen LogP contribution < -0.4 is 19.1 Å². The Balaban J connectivity index is 2.06. The molecule has 0 fully saturated rings. The van der Waals surface area contributed by atoms with Crippen molar-refractivity contribution in [1.82, 2.24) is 10.2 Å². The molecule has 202 valence electrons. The smallest absolute Gasteiger partial charge is 0.264 e. The molecule has 1 unspecified atom stereocenters. The van der Waals surface area contributed by atoms with Crippen molar-refractivity contribution in [2.24, 2.45) is 0 Å². The Hall–Kier alpha value is -4.05. The molecule has 0 aromatic heterocycles. The van der Waals surface area contributed by atoms with Crippen molar-refractivity contribution in [3.05, 3.63) is 84.4 Å². The highest BCUT2D eigenvalue weighted by molar-refractivity contribution is 7.92. The van der Waals surface area contributed by atoms with Gasteiger partial charge in [0.25, 0.3) is 10.0 Å². The zero-order valence-corrected chi connectivity index (χ0v) is 22.8. The molecule has 0 heterocycles. The first-order chi connectivity index (χ1) is 18.2. The Morgan fingerprint density at radius 3 is 2.13 bits per heavy atom. The van der Waals surface area contributed by atoms with E-state index >= 15 is 0 Å². The molecule has 1 N–H and O–H groups in total. The minimum absolute atomic E-state index is 0.0246. The van der Waals surface area contributed by atoms with E-state index in [-0.39, 0.29) is 28.8 Å². The molecule has 0 saturated carbocycles. The third-order valence-electron chi connectivity index (χ3n) is 5.99. The van der Waals surface area contributed by atoms with Crippen LogP contribution in [0.5, 0.6) is 11.5 Å². The molecule has 0 aliphatic heterocycles. The van der Waals surface area contributed by atoms with Gasteiger partial charge in [0.15, 0.2) is 0 Å². The van der Waals surface area contributed by atoms with Crippen LogP contribution in [-0.2, 0) is 26.2 Å². The molecule has 0 radical (unpaired) electrons. The lowest BCUT2D eigenvalue weighted by Crippen LogP contribution is -2.51. The zero-order chi connectivity index (χ0) is 27.7. The number of rotatable bonds is 12. The number of likely N-dealkylation sites (N-methyl/N-ethyl adjacent to an activating group) is 1. The Kier molecular flexibility index (Phi) is 9.72. The third kappa shape index (κ3) is 6.63. The number of nitrogens with zero attached hydrogens (tertiary/aromatic N) is 2. The summed E-state index contributed by atoms with van der Waals surface area (Å²) in [5.74, 6) is -0.105. The fraction of sp³-hybridized carbons (Fsp3) is 0.286. The molecule has 0 bridgehead atoms. The van der Waals surface area contributed by atoms with E-state index in [4.69, 9.17) is 9.47 Å². The molecular weight excluding hydrogens is 506 g/mol. The molecule has 3 aromatic carbocycles. The van der Waals surface area contributed by atoms with Crippen molar-refractivity contribution < 1.29 is 27.5 Å². The third-order valence-corrected chi connectivity index (χ3v) is 7.77. The molecule has 10 heteroatoms. The Bertz CT molecular complexity index is 1330. The summed E-state index contributed by atoms with van der Waals surface area (Å²) in [6.45, 7) is 3.39. The fourth-order valence-corrected chi connectivity index (χ4v) is 5.33. The highest BCUT2D eigenvalue weighted by Gasteiger charge is 2.33. The minimum Gasteiger partial charge on any atom is -0.497 e. The van der Waals surface area contributed by atoms with Gasteiger partial charge < -0.3 is 19.7 Å². The van der Waals surface area contributed by atoms with Gasteiger partial charge in [-0.25, -0.2) is 8.42 Å². The Morgan fingerprint density at radius 2 is 1.53 bits per heavy atom. The van der Waals surface area contributed by atoms with Crippen LogP contribution in [0.15, 0.2) is 83.8 Å². The number of benzene rings is 3. The van der Waals surface area contributed by atoms with Gasteiger partial charge in [-0.2, -0.15) is 0 Å². The first-order valence-corrected chi connectivity index (χ1v) is 13.6. The lowest BCUT2D eigenvalue weighted by Gasteiger charge is -2.32. The number of hydrogen-bond donors (Lipinski definition) is 1. The van der Waals surface area contributed by atoms with Gasteiger partial charge in [-0.15, -0.1) is 0 Å². The quantitative estimate of drug-likeness (QED) is 0.378. The second-order valence-electron chi connectivity index (χ2n) is 8.44. The molecule has 0 spiro atoms. The maximum atomic E-state index is 13.9. The van der Waals surface area contributed by atoms with Crippen LogP contribution in [0.2, 0.25) is 0 Å². The van der Waals surface area contributed by atoms with Crippen molar-refractivity contribution in [2.45, 2.75) is 31.3 Å². The van der Waals surface area contributed by atoms with E-state index < -0.39 is 28.5 Å². The van der Waals surface area contributed by atoms with E-state index in [1.165, 1.54) is 43.4 Å². The summed E-state index contributed by atoms with van der Waals surface area (Å²) < 4.78 is 39.4. The van der Waals surface area contributed by atoms with Crippen LogP contribution in [0.4, 0.5) is 5.69 Å². The van der Waals surface area contributed by atoms with Crippen molar-refractivity contribution in [1.29, 1.82) is 0 Å². The normalized spacial score (nSPS) is 11.8. The van der Waals surface area contributed by atoms with Gasteiger partial charge in [-0.1, -0.05) is 42.5 Å². The summed E-state index contributed by atoms with van der Waals surface area (Å²) in [5, 5.41) is 2.74. The number of sulfonamides is 1. The number of anilines is 1. The number of hydrogen-bond acceptors (Lipinski definition) is 6. The molecule has 1 atom stereocenters. The molecule has 3 aromatic rings. The molecule has 0 aliphatic rings. The van der Waals surface area contributed by atoms with Crippen LogP contribution >= 0.6 is 0 Å². The van der Waals surface area contributed by atoms with E-state index in [9.17, 15) is 18.0 Å². The van der Waals surface area contributed by atoms with Crippen LogP contribution in [0.3, 0.4) is 0 Å². The largest absolute Gasteiger partial charge is 0.497 e. The van der Waals surface area contributed by atoms with Crippen molar-refractivity contribution in [2.75, 3.05) is 31.6 Å². The molecular formula is C28H33N3O6S. The van der Waals surface area contributed by atoms with Crippen molar-refractivity contribution in [3.63, 3.8) is 0 Å². The van der Waals surface area contributed by atoms with Crippen LogP contribution in [0, 0.1) is 0 Å². The first-order valence-electron chi connectivity index (χ1n) is 12.1. The molecule has 0 aliphatic carbocycles. The Morgan fingerprint density at radius 1 is 0.895 bits per heavy atom. The predicted molar refractivity (Wildman–Crippen MR) is 146 cm³/mol. The van der Waals surface area contributed by atoms with E-state index in [1.54, 1.807) is 38.1 Å². The highest BCUT2D eigenvalue weighted by Crippen LogP contribution is 2.33. The average Bonchev–Trinajstić information content (AvgIpc) is 2.94. The highest BCUT2D eigenvalue weighted by atomic mass is 32.2. The lowest BCUT2D eigenvalue weighted by atomic mass is 10.1. The van der Waals surface area contributed by atoms with Gasteiger partial charge in [-0.05, 0) is 55.8 Å². The van der Waals surface area contributed by atoms with E-state index in [0.29, 0.717) is 12.3 Å². The maximum Gasteiger partial charge on any atom is 0.264 e. The summed E-state index contributed by atoms with van der Waals surface area (Å²) >= 11 is 0. The number of nitrogens with one attached hydrogen (secondary N) is 1. The number of carbonyl (C=O) groups excluding carboxylic acids is 2. The molecule has 38 heavy (non-hydrogen) atoms. The summed E-state index contributed by atoms with van der Waals surface area (Å²) in [7, 11) is -1.30. The van der Waals surface area contributed by atoms with E-state index in [2.05, 4.69) is 5.32 Å². The second-order valence-corrected chi connectivity index (χ2v) is 10.3. The van der Waals surface area contributed by atoms with Crippen molar-refractivity contribution >= 4 is 27.5 Å². The summed E-state index contributed by atoms with van der Waals surface area (Å²) in [4.78, 5) is 27.9. The van der Waals surface area contributed by atoms with Gasteiger partial charge in [0.1, 0.15) is 24.1 Å². The second kappa shape index (κ2) is 13.0. The predicted octanol–water partition coefficient (Wildman–Crippen LogP) is 3.45. The fourth-order valence-electron chi connectivity index (χ4n) is 3.91. The van der Waals surface area contributed by atoms with Gasteiger partial charge in [0.2, 0.25) is 11.8 Å². The average molecular weight is 540 g/mol. The number of ether oxygens (including phenoxy) is 2.